The van der Waals surface area contributed by atoms with E-state index in [1.165, 1.54) is 6.07 Å². The molecule has 0 aromatic heterocycles. The molecule has 0 aliphatic carbocycles. The van der Waals surface area contributed by atoms with Crippen LogP contribution >= 0.6 is 0 Å². The second-order valence-electron chi connectivity index (χ2n) is 6.15. The van der Waals surface area contributed by atoms with Crippen molar-refractivity contribution < 1.29 is 9.72 Å². The van der Waals surface area contributed by atoms with Gasteiger partial charge in [-0.15, -0.1) is 0 Å². The molecule has 0 unspecified atom stereocenters. The van der Waals surface area contributed by atoms with Gasteiger partial charge in [0.05, 0.1) is 16.6 Å². The van der Waals surface area contributed by atoms with Crippen LogP contribution in [0.5, 0.6) is 0 Å². The number of amides is 1. The number of nitrogens with zero attached hydrogens (tertiary/aromatic N) is 3. The molecule has 0 spiro atoms. The minimum Gasteiger partial charge on any atom is -0.366 e. The number of carbonyl (C=O) groups is 1. The quantitative estimate of drug-likeness (QED) is 0.660. The summed E-state index contributed by atoms with van der Waals surface area (Å²) < 4.78 is 0. The third-order valence-corrected chi connectivity index (χ3v) is 4.42. The first-order valence-corrected chi connectivity index (χ1v) is 8.39. The maximum Gasteiger partial charge on any atom is 0.293 e. The lowest BCUT2D eigenvalue weighted by molar-refractivity contribution is -0.384. The number of benzene rings is 2. The van der Waals surface area contributed by atoms with Gasteiger partial charge in [-0.1, -0.05) is 12.1 Å². The number of hydrogen-bond acceptors (Lipinski definition) is 5. The molecule has 0 saturated carbocycles. The first-order chi connectivity index (χ1) is 12.6. The first-order valence-electron chi connectivity index (χ1n) is 8.39. The highest BCUT2D eigenvalue weighted by molar-refractivity contribution is 5.95. The SMILES string of the molecule is N#Cc1ccc(CNC(=O)c2ccc(N3CCCC3)c([N+](=O)[O-])c2)cc1. The zero-order chi connectivity index (χ0) is 18.5. The molecule has 1 N–H and O–H groups in total. The van der Waals surface area contributed by atoms with E-state index >= 15 is 0 Å². The van der Waals surface area contributed by atoms with E-state index in [-0.39, 0.29) is 23.7 Å². The lowest BCUT2D eigenvalue weighted by Crippen LogP contribution is -2.23. The molecule has 7 heteroatoms. The standard InChI is InChI=1S/C19H18N4O3/c20-12-14-3-5-15(6-4-14)13-21-19(24)16-7-8-17(18(11-16)23(25)26)22-9-1-2-10-22/h3-8,11H,1-2,9-10,13H2,(H,21,24). The summed E-state index contributed by atoms with van der Waals surface area (Å²) in [5, 5.41) is 23.0. The van der Waals surface area contributed by atoms with Crippen molar-refractivity contribution in [2.75, 3.05) is 18.0 Å². The highest BCUT2D eigenvalue weighted by atomic mass is 16.6. The molecule has 1 saturated heterocycles. The molecule has 7 nitrogen and oxygen atoms in total. The smallest absolute Gasteiger partial charge is 0.293 e. The van der Waals surface area contributed by atoms with E-state index in [1.54, 1.807) is 36.4 Å². The Labute approximate surface area is 151 Å². The van der Waals surface area contributed by atoms with Crippen molar-refractivity contribution in [1.82, 2.24) is 5.32 Å². The summed E-state index contributed by atoms with van der Waals surface area (Å²) in [6.07, 6.45) is 2.04. The van der Waals surface area contributed by atoms with Crippen LogP contribution in [-0.2, 0) is 6.54 Å². The van der Waals surface area contributed by atoms with Gasteiger partial charge in [0.1, 0.15) is 5.69 Å². The molecule has 0 atom stereocenters. The van der Waals surface area contributed by atoms with Crippen LogP contribution in [0, 0.1) is 21.4 Å². The highest BCUT2D eigenvalue weighted by Gasteiger charge is 2.23. The fourth-order valence-electron chi connectivity index (χ4n) is 3.02. The van der Waals surface area contributed by atoms with Crippen molar-refractivity contribution in [1.29, 1.82) is 5.26 Å². The van der Waals surface area contributed by atoms with Gasteiger partial charge < -0.3 is 10.2 Å². The topological polar surface area (TPSA) is 99.3 Å². The zero-order valence-electron chi connectivity index (χ0n) is 14.1. The summed E-state index contributed by atoms with van der Waals surface area (Å²) in [4.78, 5) is 25.3. The van der Waals surface area contributed by atoms with Crippen molar-refractivity contribution in [2.45, 2.75) is 19.4 Å². The molecular formula is C19H18N4O3. The number of nitro benzene ring substituents is 1. The molecule has 0 radical (unpaired) electrons. The monoisotopic (exact) mass is 350 g/mol. The Morgan fingerprint density at radius 2 is 1.88 bits per heavy atom. The number of nitrogens with one attached hydrogen (secondary N) is 1. The summed E-state index contributed by atoms with van der Waals surface area (Å²) in [5.74, 6) is -0.370. The van der Waals surface area contributed by atoms with Crippen LogP contribution in [-0.4, -0.2) is 23.9 Å². The summed E-state index contributed by atoms with van der Waals surface area (Å²) in [7, 11) is 0. The van der Waals surface area contributed by atoms with E-state index in [1.807, 2.05) is 11.0 Å². The van der Waals surface area contributed by atoms with E-state index in [0.717, 1.165) is 31.5 Å². The Hall–Kier alpha value is -3.40. The van der Waals surface area contributed by atoms with Crippen molar-refractivity contribution in [3.8, 4) is 6.07 Å². The molecule has 3 rings (SSSR count). The molecule has 1 heterocycles. The maximum atomic E-state index is 12.3. The molecule has 1 amide bonds. The fraction of sp³-hybridized carbons (Fsp3) is 0.263. The van der Waals surface area contributed by atoms with Gasteiger partial charge in [0, 0.05) is 31.3 Å². The molecule has 0 bridgehead atoms. The van der Waals surface area contributed by atoms with Crippen LogP contribution in [0.1, 0.15) is 34.3 Å². The number of nitro groups is 1. The third kappa shape index (κ3) is 3.81. The van der Waals surface area contributed by atoms with Gasteiger partial charge in [0.15, 0.2) is 0 Å². The summed E-state index contributed by atoms with van der Waals surface area (Å²) in [6, 6.07) is 13.5. The number of hydrogen-bond donors (Lipinski definition) is 1. The van der Waals surface area contributed by atoms with E-state index < -0.39 is 4.92 Å². The molecule has 1 aliphatic rings. The largest absolute Gasteiger partial charge is 0.366 e. The summed E-state index contributed by atoms with van der Waals surface area (Å²) in [5.41, 5.74) is 2.18. The molecule has 2 aromatic rings. The Bertz CT molecular complexity index is 865. The number of carbonyl (C=O) groups excluding carboxylic acids is 1. The number of nitriles is 1. The normalized spacial score (nSPS) is 13.3. The van der Waals surface area contributed by atoms with E-state index in [4.69, 9.17) is 5.26 Å². The average Bonchev–Trinajstić information content (AvgIpc) is 3.20. The van der Waals surface area contributed by atoms with Crippen LogP contribution in [0.15, 0.2) is 42.5 Å². The lowest BCUT2D eigenvalue weighted by Gasteiger charge is -2.17. The van der Waals surface area contributed by atoms with Gasteiger partial charge in [-0.05, 0) is 42.7 Å². The third-order valence-electron chi connectivity index (χ3n) is 4.42. The predicted molar refractivity (Wildman–Crippen MR) is 96.9 cm³/mol. The maximum absolute atomic E-state index is 12.3. The van der Waals surface area contributed by atoms with Crippen LogP contribution < -0.4 is 10.2 Å². The second kappa shape index (κ2) is 7.66. The Balaban J connectivity index is 1.73. The van der Waals surface area contributed by atoms with Gasteiger partial charge in [0.25, 0.3) is 11.6 Å². The van der Waals surface area contributed by atoms with Crippen LogP contribution in [0.3, 0.4) is 0 Å². The van der Waals surface area contributed by atoms with Gasteiger partial charge in [-0.3, -0.25) is 14.9 Å². The minimum absolute atomic E-state index is 0.0436. The Morgan fingerprint density at radius 1 is 1.19 bits per heavy atom. The number of anilines is 1. The van der Waals surface area contributed by atoms with Gasteiger partial charge in [0.2, 0.25) is 0 Å². The van der Waals surface area contributed by atoms with Gasteiger partial charge >= 0.3 is 0 Å². The zero-order valence-corrected chi connectivity index (χ0v) is 14.1. The summed E-state index contributed by atoms with van der Waals surface area (Å²) in [6.45, 7) is 1.88. The molecule has 1 fully saturated rings. The van der Waals surface area contributed by atoms with Crippen molar-refractivity contribution in [2.24, 2.45) is 0 Å². The fourth-order valence-corrected chi connectivity index (χ4v) is 3.02. The first kappa shape index (κ1) is 17.4. The van der Waals surface area contributed by atoms with Gasteiger partial charge in [-0.25, -0.2) is 0 Å². The molecule has 132 valence electrons. The van der Waals surface area contributed by atoms with Crippen molar-refractivity contribution in [3.05, 3.63) is 69.3 Å². The second-order valence-corrected chi connectivity index (χ2v) is 6.15. The minimum atomic E-state index is -0.439. The van der Waals surface area contributed by atoms with Crippen molar-refractivity contribution in [3.63, 3.8) is 0 Å². The van der Waals surface area contributed by atoms with Crippen LogP contribution in [0.25, 0.3) is 0 Å². The van der Waals surface area contributed by atoms with E-state index in [2.05, 4.69) is 5.32 Å². The van der Waals surface area contributed by atoms with Crippen LogP contribution in [0.2, 0.25) is 0 Å². The molecule has 2 aromatic carbocycles. The average molecular weight is 350 g/mol. The van der Waals surface area contributed by atoms with Crippen molar-refractivity contribution >= 4 is 17.3 Å². The van der Waals surface area contributed by atoms with E-state index in [9.17, 15) is 14.9 Å². The van der Waals surface area contributed by atoms with Crippen LogP contribution in [0.4, 0.5) is 11.4 Å². The number of rotatable bonds is 5. The predicted octanol–water partition coefficient (Wildman–Crippen LogP) is 3.00. The Morgan fingerprint density at radius 3 is 2.50 bits per heavy atom. The molecular weight excluding hydrogens is 332 g/mol. The summed E-state index contributed by atoms with van der Waals surface area (Å²) >= 11 is 0. The molecule has 1 aliphatic heterocycles. The lowest BCUT2D eigenvalue weighted by atomic mass is 10.1. The highest BCUT2D eigenvalue weighted by Crippen LogP contribution is 2.31. The Kier molecular flexibility index (Phi) is 5.13. The van der Waals surface area contributed by atoms with E-state index in [0.29, 0.717) is 11.3 Å². The van der Waals surface area contributed by atoms with Gasteiger partial charge in [-0.2, -0.15) is 5.26 Å². The molecule has 26 heavy (non-hydrogen) atoms.